The van der Waals surface area contributed by atoms with Crippen molar-refractivity contribution in [3.8, 4) is 11.1 Å². The number of aromatic amines is 2. The van der Waals surface area contributed by atoms with Crippen LogP contribution in [0, 0.1) is 0 Å². The number of fused-ring (bicyclic) bond motifs is 4. The molecule has 0 radical (unpaired) electrons. The van der Waals surface area contributed by atoms with Gasteiger partial charge in [0.25, 0.3) is 11.8 Å². The summed E-state index contributed by atoms with van der Waals surface area (Å²) in [7, 11) is 0. The smallest absolute Gasteiger partial charge is 0.290 e. The van der Waals surface area contributed by atoms with Crippen LogP contribution in [-0.2, 0) is 25.8 Å². The minimum absolute atomic E-state index is 0.154. The summed E-state index contributed by atoms with van der Waals surface area (Å²) in [6.45, 7) is 1.65. The lowest BCUT2D eigenvalue weighted by Gasteiger charge is -2.36. The van der Waals surface area contributed by atoms with Crippen molar-refractivity contribution in [1.82, 2.24) is 39.7 Å². The number of carbonyl (C=O) groups is 2. The molecule has 3 aromatic carbocycles. The lowest BCUT2D eigenvalue weighted by atomic mass is 9.91. The van der Waals surface area contributed by atoms with Crippen molar-refractivity contribution in [3.63, 3.8) is 0 Å². The number of thiazole rings is 1. The zero-order valence-electron chi connectivity index (χ0n) is 26.5. The standard InChI is InChI=1S/C37H28Cl2N8O2S/c38-24-4-1-5-28-32(24)44-35(42-28)37(49)47-14-11-26-23(3-2-12-40-26)30(47)15-20-6-8-21(9-7-20)22-16-25(39)33-29(17-22)43-34(45-33)36(48)46-13-10-27-31(18-46)50-19-41-27/h1-9,12,16-17,19,30H,10-11,13-15,18H2,(H,42,44)(H,43,45). The summed E-state index contributed by atoms with van der Waals surface area (Å²) >= 11 is 14.7. The summed E-state index contributed by atoms with van der Waals surface area (Å²) in [5, 5.41) is 0.963. The summed E-state index contributed by atoms with van der Waals surface area (Å²) in [4.78, 5) is 56.7. The summed E-state index contributed by atoms with van der Waals surface area (Å²) in [5.74, 6) is 0.205. The van der Waals surface area contributed by atoms with Gasteiger partial charge in [0.2, 0.25) is 0 Å². The number of H-pyrrole nitrogens is 2. The molecule has 2 N–H and O–H groups in total. The molecule has 13 heteroatoms. The molecule has 0 fully saturated rings. The maximum atomic E-state index is 14.0. The number of hydrogen-bond acceptors (Lipinski definition) is 7. The fourth-order valence-corrected chi connectivity index (χ4v) is 8.36. The first-order chi connectivity index (χ1) is 24.4. The summed E-state index contributed by atoms with van der Waals surface area (Å²) in [6.07, 6.45) is 3.79. The number of para-hydroxylation sites is 1. The molecule has 2 aliphatic heterocycles. The lowest BCUT2D eigenvalue weighted by molar-refractivity contribution is 0.0646. The fraction of sp³-hybridized carbons (Fsp3) is 0.189. The van der Waals surface area contributed by atoms with Crippen molar-refractivity contribution >= 4 is 68.4 Å². The summed E-state index contributed by atoms with van der Waals surface area (Å²) < 4.78 is 0. The van der Waals surface area contributed by atoms with Crippen LogP contribution in [-0.4, -0.2) is 64.6 Å². The SMILES string of the molecule is O=C(c1nc2c(Cl)cc(-c3ccc(CC4c5cccnc5CCN4C(=O)c4nc5c(Cl)cccc5[nH]4)cc3)cc2[nH]1)N1CCc2ncsc2C1. The number of benzene rings is 3. The average Bonchev–Trinajstić information content (AvgIpc) is 3.90. The number of aromatic nitrogens is 6. The van der Waals surface area contributed by atoms with E-state index in [-0.39, 0.29) is 29.5 Å². The van der Waals surface area contributed by atoms with E-state index in [1.807, 2.05) is 40.7 Å². The lowest BCUT2D eigenvalue weighted by Crippen LogP contribution is -2.41. The Hall–Kier alpha value is -5.10. The molecule has 2 amide bonds. The molecule has 0 bridgehead atoms. The maximum Gasteiger partial charge on any atom is 0.290 e. The second-order valence-corrected chi connectivity index (χ2v) is 14.3. The molecule has 0 spiro atoms. The molecule has 10 nitrogen and oxygen atoms in total. The third-order valence-corrected chi connectivity index (χ3v) is 11.1. The van der Waals surface area contributed by atoms with Gasteiger partial charge in [-0.3, -0.25) is 14.6 Å². The highest BCUT2D eigenvalue weighted by molar-refractivity contribution is 7.09. The van der Waals surface area contributed by atoms with E-state index in [1.165, 1.54) is 0 Å². The van der Waals surface area contributed by atoms with Gasteiger partial charge in [0.1, 0.15) is 11.0 Å². The molecule has 9 rings (SSSR count). The third kappa shape index (κ3) is 5.42. The quantitative estimate of drug-likeness (QED) is 0.191. The van der Waals surface area contributed by atoms with Crippen LogP contribution in [0.2, 0.25) is 10.0 Å². The zero-order chi connectivity index (χ0) is 33.9. The first kappa shape index (κ1) is 30.9. The highest BCUT2D eigenvalue weighted by Crippen LogP contribution is 2.35. The second kappa shape index (κ2) is 12.3. The zero-order valence-corrected chi connectivity index (χ0v) is 28.8. The molecule has 0 saturated carbocycles. The van der Waals surface area contributed by atoms with Gasteiger partial charge in [-0.1, -0.05) is 59.6 Å². The van der Waals surface area contributed by atoms with E-state index in [2.05, 4.69) is 60.2 Å². The van der Waals surface area contributed by atoms with Crippen LogP contribution < -0.4 is 0 Å². The number of amides is 2. The van der Waals surface area contributed by atoms with Gasteiger partial charge in [-0.2, -0.15) is 0 Å². The molecule has 248 valence electrons. The Balaban J connectivity index is 0.975. The van der Waals surface area contributed by atoms with Crippen LogP contribution in [0.5, 0.6) is 0 Å². The molecule has 50 heavy (non-hydrogen) atoms. The molecule has 2 aliphatic rings. The van der Waals surface area contributed by atoms with Crippen molar-refractivity contribution < 1.29 is 9.59 Å². The van der Waals surface area contributed by atoms with E-state index in [4.69, 9.17) is 23.2 Å². The highest BCUT2D eigenvalue weighted by atomic mass is 35.5. The number of rotatable bonds is 5. The van der Waals surface area contributed by atoms with Crippen molar-refractivity contribution in [2.75, 3.05) is 13.1 Å². The predicted octanol–water partition coefficient (Wildman–Crippen LogP) is 7.45. The predicted molar refractivity (Wildman–Crippen MR) is 194 cm³/mol. The fourth-order valence-electron chi connectivity index (χ4n) is 7.05. The minimum atomic E-state index is -0.233. The third-order valence-electron chi connectivity index (χ3n) is 9.60. The Bertz CT molecular complexity index is 2450. The van der Waals surface area contributed by atoms with Crippen molar-refractivity contribution in [2.45, 2.75) is 31.8 Å². The van der Waals surface area contributed by atoms with Crippen LogP contribution >= 0.6 is 34.5 Å². The van der Waals surface area contributed by atoms with Gasteiger partial charge >= 0.3 is 0 Å². The van der Waals surface area contributed by atoms with Gasteiger partial charge in [0.15, 0.2) is 11.6 Å². The van der Waals surface area contributed by atoms with E-state index in [0.717, 1.165) is 50.5 Å². The minimum Gasteiger partial charge on any atom is -0.334 e. The monoisotopic (exact) mass is 718 g/mol. The van der Waals surface area contributed by atoms with Crippen LogP contribution in [0.25, 0.3) is 33.2 Å². The number of halogens is 2. The normalized spacial score (nSPS) is 15.8. The van der Waals surface area contributed by atoms with Gasteiger partial charge in [0, 0.05) is 42.7 Å². The molecule has 0 saturated heterocycles. The number of nitrogens with zero attached hydrogens (tertiary/aromatic N) is 6. The summed E-state index contributed by atoms with van der Waals surface area (Å²) in [6, 6.07) is 21.3. The summed E-state index contributed by atoms with van der Waals surface area (Å²) in [5.41, 5.74) is 10.4. The largest absolute Gasteiger partial charge is 0.334 e. The van der Waals surface area contributed by atoms with Gasteiger partial charge in [0.05, 0.1) is 44.9 Å². The van der Waals surface area contributed by atoms with Crippen molar-refractivity contribution in [3.05, 3.63) is 128 Å². The van der Waals surface area contributed by atoms with Gasteiger partial charge in [-0.05, 0) is 59.0 Å². The Morgan fingerprint density at radius 3 is 2.42 bits per heavy atom. The molecule has 6 heterocycles. The van der Waals surface area contributed by atoms with Gasteiger partial charge in [-0.15, -0.1) is 11.3 Å². The number of nitrogens with one attached hydrogen (secondary N) is 2. The molecule has 1 atom stereocenters. The van der Waals surface area contributed by atoms with E-state index in [0.29, 0.717) is 59.1 Å². The topological polar surface area (TPSA) is 124 Å². The molecule has 4 aromatic heterocycles. The van der Waals surface area contributed by atoms with E-state index < -0.39 is 0 Å². The number of imidazole rings is 2. The van der Waals surface area contributed by atoms with Crippen molar-refractivity contribution in [2.24, 2.45) is 0 Å². The maximum absolute atomic E-state index is 14.0. The van der Waals surface area contributed by atoms with Crippen LogP contribution in [0.15, 0.2) is 78.4 Å². The van der Waals surface area contributed by atoms with Crippen LogP contribution in [0.3, 0.4) is 0 Å². The Morgan fingerprint density at radius 1 is 0.800 bits per heavy atom. The average molecular weight is 720 g/mol. The van der Waals surface area contributed by atoms with E-state index in [9.17, 15) is 9.59 Å². The Morgan fingerprint density at radius 2 is 1.58 bits per heavy atom. The molecular weight excluding hydrogens is 691 g/mol. The number of carbonyl (C=O) groups excluding carboxylic acids is 2. The first-order valence-corrected chi connectivity index (χ1v) is 17.9. The second-order valence-electron chi connectivity index (χ2n) is 12.6. The molecule has 1 unspecified atom stereocenters. The number of hydrogen-bond donors (Lipinski definition) is 2. The van der Waals surface area contributed by atoms with Gasteiger partial charge < -0.3 is 19.8 Å². The van der Waals surface area contributed by atoms with Crippen LogP contribution in [0.4, 0.5) is 0 Å². The van der Waals surface area contributed by atoms with E-state index in [1.54, 1.807) is 28.5 Å². The van der Waals surface area contributed by atoms with Gasteiger partial charge in [-0.25, -0.2) is 15.0 Å². The van der Waals surface area contributed by atoms with E-state index >= 15 is 0 Å². The van der Waals surface area contributed by atoms with Crippen LogP contribution in [0.1, 0.15) is 54.7 Å². The van der Waals surface area contributed by atoms with Crippen molar-refractivity contribution in [1.29, 1.82) is 0 Å². The first-order valence-electron chi connectivity index (χ1n) is 16.3. The Labute approximate surface area is 300 Å². The molecule has 7 aromatic rings. The number of pyridine rings is 1. The highest BCUT2D eigenvalue weighted by Gasteiger charge is 2.34. The Kier molecular flexibility index (Phi) is 7.63. The molecule has 0 aliphatic carbocycles. The molecular formula is C37H28Cl2N8O2S.